The Labute approximate surface area is 126 Å². The third kappa shape index (κ3) is 5.08. The third-order valence-electron chi connectivity index (χ3n) is 3.79. The minimum Gasteiger partial charge on any atom is -0.478 e. The lowest BCUT2D eigenvalue weighted by atomic mass is 10.2. The molecule has 1 N–H and O–H groups in total. The highest BCUT2D eigenvalue weighted by molar-refractivity contribution is 5.87. The molecule has 6 heteroatoms. The van der Waals surface area contributed by atoms with Crippen LogP contribution in [0, 0.1) is 0 Å². The lowest BCUT2D eigenvalue weighted by Gasteiger charge is -2.35. The van der Waals surface area contributed by atoms with Gasteiger partial charge in [0.1, 0.15) is 0 Å². The smallest absolute Gasteiger partial charge is 0.337 e. The van der Waals surface area contributed by atoms with E-state index in [4.69, 9.17) is 5.11 Å². The molecule has 0 aliphatic carbocycles. The Balaban J connectivity index is 1.76. The Kier molecular flexibility index (Phi) is 5.67. The summed E-state index contributed by atoms with van der Waals surface area (Å²) >= 11 is 0. The summed E-state index contributed by atoms with van der Waals surface area (Å²) < 4.78 is 0. The molecule has 116 valence electrons. The van der Waals surface area contributed by atoms with Crippen LogP contribution < -0.4 is 0 Å². The lowest BCUT2D eigenvalue weighted by molar-refractivity contribution is 0.0696. The third-order valence-corrected chi connectivity index (χ3v) is 3.79. The molecule has 0 aromatic carbocycles. The Hall–Kier alpha value is -1.50. The van der Waals surface area contributed by atoms with E-state index in [0.717, 1.165) is 51.5 Å². The molecule has 1 aliphatic rings. The van der Waals surface area contributed by atoms with Gasteiger partial charge in [-0.3, -0.25) is 14.8 Å². The molecule has 1 fully saturated rings. The van der Waals surface area contributed by atoms with E-state index in [1.54, 1.807) is 6.07 Å². The zero-order valence-corrected chi connectivity index (χ0v) is 12.8. The Morgan fingerprint density at radius 1 is 1.24 bits per heavy atom. The number of piperazine rings is 1. The molecule has 1 aromatic rings. The molecule has 0 bridgehead atoms. The number of nitrogens with zero attached hydrogens (tertiary/aromatic N) is 4. The fourth-order valence-corrected chi connectivity index (χ4v) is 2.39. The molecule has 1 aromatic heterocycles. The summed E-state index contributed by atoms with van der Waals surface area (Å²) in [6.45, 7) is 7.25. The second kappa shape index (κ2) is 7.49. The minimum atomic E-state index is -0.927. The molecule has 6 nitrogen and oxygen atoms in total. The molecule has 0 unspecified atom stereocenters. The van der Waals surface area contributed by atoms with E-state index in [-0.39, 0.29) is 5.56 Å². The van der Waals surface area contributed by atoms with Crippen molar-refractivity contribution in [2.45, 2.75) is 6.54 Å². The number of rotatable bonds is 6. The molecule has 0 saturated carbocycles. The number of likely N-dealkylation sites (N-methyl/N-ethyl adjacent to an activating group) is 1. The molecule has 1 saturated heterocycles. The number of pyridine rings is 1. The first-order valence-electron chi connectivity index (χ1n) is 7.32. The predicted molar refractivity (Wildman–Crippen MR) is 81.5 cm³/mol. The zero-order chi connectivity index (χ0) is 15.2. The van der Waals surface area contributed by atoms with E-state index in [1.807, 2.05) is 6.07 Å². The van der Waals surface area contributed by atoms with Crippen molar-refractivity contribution < 1.29 is 9.90 Å². The second-order valence-corrected chi connectivity index (χ2v) is 5.76. The van der Waals surface area contributed by atoms with E-state index in [9.17, 15) is 4.79 Å². The van der Waals surface area contributed by atoms with Crippen molar-refractivity contribution in [2.75, 3.05) is 53.4 Å². The number of hydrogen-bond acceptors (Lipinski definition) is 5. The maximum Gasteiger partial charge on any atom is 0.337 e. The Morgan fingerprint density at radius 2 is 1.90 bits per heavy atom. The number of aromatic carboxylic acids is 1. The normalized spacial score (nSPS) is 17.3. The monoisotopic (exact) mass is 292 g/mol. The molecule has 0 amide bonds. The maximum atomic E-state index is 10.8. The summed E-state index contributed by atoms with van der Waals surface area (Å²) in [6.07, 6.45) is 1.44. The van der Waals surface area contributed by atoms with Crippen LogP contribution in [-0.2, 0) is 6.54 Å². The summed E-state index contributed by atoms with van der Waals surface area (Å²) in [5.74, 6) is -0.927. The molecule has 0 spiro atoms. The molecule has 1 aliphatic heterocycles. The van der Waals surface area contributed by atoms with Crippen LogP contribution in [0.2, 0.25) is 0 Å². The van der Waals surface area contributed by atoms with Crippen LogP contribution in [-0.4, -0.2) is 84.1 Å². The maximum absolute atomic E-state index is 10.8. The fraction of sp³-hybridized carbons (Fsp3) is 0.600. The van der Waals surface area contributed by atoms with Crippen LogP contribution in [0.1, 0.15) is 16.1 Å². The van der Waals surface area contributed by atoms with Gasteiger partial charge in [0.25, 0.3) is 0 Å². The lowest BCUT2D eigenvalue weighted by Crippen LogP contribution is -2.47. The van der Waals surface area contributed by atoms with Crippen molar-refractivity contribution in [3.63, 3.8) is 0 Å². The summed E-state index contributed by atoms with van der Waals surface area (Å²) in [6, 6.07) is 3.43. The quantitative estimate of drug-likeness (QED) is 0.822. The summed E-state index contributed by atoms with van der Waals surface area (Å²) in [5, 5.41) is 8.86. The van der Waals surface area contributed by atoms with Gasteiger partial charge in [-0.15, -0.1) is 0 Å². The summed E-state index contributed by atoms with van der Waals surface area (Å²) in [5.41, 5.74) is 1.17. The van der Waals surface area contributed by atoms with Crippen molar-refractivity contribution in [1.29, 1.82) is 0 Å². The first-order chi connectivity index (χ1) is 10.0. The van der Waals surface area contributed by atoms with Crippen molar-refractivity contribution in [1.82, 2.24) is 19.7 Å². The first-order valence-corrected chi connectivity index (χ1v) is 7.32. The largest absolute Gasteiger partial charge is 0.478 e. The first kappa shape index (κ1) is 15.9. The van der Waals surface area contributed by atoms with Crippen LogP contribution in [0.15, 0.2) is 18.3 Å². The van der Waals surface area contributed by atoms with Gasteiger partial charge in [-0.25, -0.2) is 4.79 Å². The Bertz CT molecular complexity index is 453. The van der Waals surface area contributed by atoms with Gasteiger partial charge in [-0.2, -0.15) is 0 Å². The van der Waals surface area contributed by atoms with Gasteiger partial charge in [0, 0.05) is 52.0 Å². The van der Waals surface area contributed by atoms with E-state index in [1.165, 1.54) is 6.20 Å². The molecule has 2 rings (SSSR count). The number of carboxylic acids is 1. The summed E-state index contributed by atoms with van der Waals surface area (Å²) in [4.78, 5) is 22.1. The fourth-order valence-electron chi connectivity index (χ4n) is 2.39. The second-order valence-electron chi connectivity index (χ2n) is 5.76. The number of carboxylic acid groups (broad SMARTS) is 1. The van der Waals surface area contributed by atoms with Gasteiger partial charge < -0.3 is 10.0 Å². The minimum absolute atomic E-state index is 0.243. The van der Waals surface area contributed by atoms with Crippen molar-refractivity contribution in [3.8, 4) is 0 Å². The standard InChI is InChI=1S/C15H24N4O2/c1-17(2)5-6-18-7-9-19(10-8-18)12-14-4-3-13(11-16-14)15(20)21/h3-4,11H,5-10,12H2,1-2H3,(H,20,21). The number of hydrogen-bond donors (Lipinski definition) is 1. The van der Waals surface area contributed by atoms with Crippen LogP contribution in [0.4, 0.5) is 0 Å². The SMILES string of the molecule is CN(C)CCN1CCN(Cc2ccc(C(=O)O)cn2)CC1. The van der Waals surface area contributed by atoms with Crippen LogP contribution in [0.25, 0.3) is 0 Å². The van der Waals surface area contributed by atoms with Gasteiger partial charge in [-0.05, 0) is 26.2 Å². The summed E-state index contributed by atoms with van der Waals surface area (Å²) in [7, 11) is 4.20. The van der Waals surface area contributed by atoms with Crippen molar-refractivity contribution in [2.24, 2.45) is 0 Å². The van der Waals surface area contributed by atoms with Crippen LogP contribution in [0.3, 0.4) is 0 Å². The average molecular weight is 292 g/mol. The average Bonchev–Trinajstić information content (AvgIpc) is 2.47. The van der Waals surface area contributed by atoms with E-state index in [0.29, 0.717) is 0 Å². The molecule has 21 heavy (non-hydrogen) atoms. The van der Waals surface area contributed by atoms with Crippen LogP contribution in [0.5, 0.6) is 0 Å². The van der Waals surface area contributed by atoms with E-state index in [2.05, 4.69) is 33.8 Å². The Morgan fingerprint density at radius 3 is 2.43 bits per heavy atom. The van der Waals surface area contributed by atoms with Gasteiger partial charge in [0.2, 0.25) is 0 Å². The molecular weight excluding hydrogens is 268 g/mol. The molecule has 0 atom stereocenters. The van der Waals surface area contributed by atoms with Gasteiger partial charge in [0.05, 0.1) is 11.3 Å². The topological polar surface area (TPSA) is 59.9 Å². The zero-order valence-electron chi connectivity index (χ0n) is 12.8. The highest BCUT2D eigenvalue weighted by atomic mass is 16.4. The molecule has 0 radical (unpaired) electrons. The number of carbonyl (C=O) groups is 1. The van der Waals surface area contributed by atoms with Gasteiger partial charge in [0.15, 0.2) is 0 Å². The van der Waals surface area contributed by atoms with Gasteiger partial charge >= 0.3 is 5.97 Å². The predicted octanol–water partition coefficient (Wildman–Crippen LogP) is 0.459. The van der Waals surface area contributed by atoms with E-state index < -0.39 is 5.97 Å². The van der Waals surface area contributed by atoms with E-state index >= 15 is 0 Å². The highest BCUT2D eigenvalue weighted by Crippen LogP contribution is 2.08. The molecule has 2 heterocycles. The van der Waals surface area contributed by atoms with Crippen LogP contribution >= 0.6 is 0 Å². The molecular formula is C15H24N4O2. The van der Waals surface area contributed by atoms with Gasteiger partial charge in [-0.1, -0.05) is 0 Å². The highest BCUT2D eigenvalue weighted by Gasteiger charge is 2.17. The van der Waals surface area contributed by atoms with Crippen molar-refractivity contribution in [3.05, 3.63) is 29.6 Å². The van der Waals surface area contributed by atoms with Crippen molar-refractivity contribution >= 4 is 5.97 Å². The number of aromatic nitrogens is 1.